The van der Waals surface area contributed by atoms with E-state index in [1.807, 2.05) is 0 Å². The molecule has 0 amide bonds. The summed E-state index contributed by atoms with van der Waals surface area (Å²) in [4.78, 5) is 11.1. The molecule has 0 spiro atoms. The lowest BCUT2D eigenvalue weighted by Gasteiger charge is -2.07. The first kappa shape index (κ1) is 12.6. The number of hydrogen-bond donors (Lipinski definition) is 0. The van der Waals surface area contributed by atoms with Crippen LogP contribution in [-0.2, 0) is 11.2 Å². The molecule has 0 heterocycles. The Hall–Kier alpha value is -0.480. The highest BCUT2D eigenvalue weighted by molar-refractivity contribution is 9.09. The average Bonchev–Trinajstić information content (AvgIpc) is 2.17. The van der Waals surface area contributed by atoms with Gasteiger partial charge in [0.25, 0.3) is 6.43 Å². The van der Waals surface area contributed by atoms with Crippen LogP contribution in [0.1, 0.15) is 17.6 Å². The van der Waals surface area contributed by atoms with Crippen molar-refractivity contribution >= 4 is 33.3 Å². The molecule has 15 heavy (non-hydrogen) atoms. The van der Waals surface area contributed by atoms with Gasteiger partial charge in [-0.15, -0.1) is 0 Å². The molecule has 82 valence electrons. The van der Waals surface area contributed by atoms with Gasteiger partial charge in [0.2, 0.25) is 0 Å². The summed E-state index contributed by atoms with van der Waals surface area (Å²) in [5.74, 6) is -0.154. The van der Waals surface area contributed by atoms with E-state index >= 15 is 0 Å². The highest BCUT2D eigenvalue weighted by Crippen LogP contribution is 2.26. The van der Waals surface area contributed by atoms with Gasteiger partial charge in [0.15, 0.2) is 0 Å². The zero-order chi connectivity index (χ0) is 11.4. The summed E-state index contributed by atoms with van der Waals surface area (Å²) in [6.45, 7) is 0. The van der Waals surface area contributed by atoms with Crippen molar-refractivity contribution < 1.29 is 13.6 Å². The van der Waals surface area contributed by atoms with Gasteiger partial charge in [-0.1, -0.05) is 33.6 Å². The SMILES string of the molecule is O=C(CBr)Cc1cc(Cl)ccc1C(F)F. The Morgan fingerprint density at radius 1 is 1.47 bits per heavy atom. The van der Waals surface area contributed by atoms with E-state index in [4.69, 9.17) is 11.6 Å². The van der Waals surface area contributed by atoms with Crippen LogP contribution in [0, 0.1) is 0 Å². The Morgan fingerprint density at radius 2 is 2.13 bits per heavy atom. The van der Waals surface area contributed by atoms with Crippen molar-refractivity contribution in [3.63, 3.8) is 0 Å². The van der Waals surface area contributed by atoms with Gasteiger partial charge in [0, 0.05) is 17.0 Å². The molecule has 0 bridgehead atoms. The molecule has 0 fully saturated rings. The first-order valence-electron chi connectivity index (χ1n) is 4.18. The van der Waals surface area contributed by atoms with Crippen molar-refractivity contribution in [2.24, 2.45) is 0 Å². The number of ketones is 1. The number of halogens is 4. The fourth-order valence-corrected chi connectivity index (χ4v) is 1.59. The molecule has 0 aliphatic heterocycles. The van der Waals surface area contributed by atoms with Gasteiger partial charge in [0.1, 0.15) is 5.78 Å². The summed E-state index contributed by atoms with van der Waals surface area (Å²) in [5.41, 5.74) is 0.163. The summed E-state index contributed by atoms with van der Waals surface area (Å²) in [5, 5.41) is 0.513. The number of carbonyl (C=O) groups is 1. The maximum Gasteiger partial charge on any atom is 0.264 e. The Morgan fingerprint density at radius 3 is 2.67 bits per heavy atom. The molecule has 0 N–H and O–H groups in total. The molecule has 0 saturated carbocycles. The molecule has 1 nitrogen and oxygen atoms in total. The minimum Gasteiger partial charge on any atom is -0.298 e. The molecule has 5 heteroatoms. The number of alkyl halides is 3. The Kier molecular flexibility index (Phi) is 4.67. The van der Waals surface area contributed by atoms with Crippen LogP contribution < -0.4 is 0 Å². The van der Waals surface area contributed by atoms with Crippen molar-refractivity contribution in [3.8, 4) is 0 Å². The predicted octanol–water partition coefficient (Wildman–Crippen LogP) is 3.78. The summed E-state index contributed by atoms with van der Waals surface area (Å²) < 4.78 is 25.1. The van der Waals surface area contributed by atoms with Crippen LogP contribution in [0.2, 0.25) is 5.02 Å². The second-order valence-electron chi connectivity index (χ2n) is 2.99. The summed E-state index contributed by atoms with van der Waals surface area (Å²) >= 11 is 8.66. The number of carbonyl (C=O) groups excluding carboxylic acids is 1. The molecule has 1 aromatic rings. The van der Waals surface area contributed by atoms with E-state index in [2.05, 4.69) is 15.9 Å². The van der Waals surface area contributed by atoms with Crippen LogP contribution in [0.15, 0.2) is 18.2 Å². The van der Waals surface area contributed by atoms with Gasteiger partial charge in [-0.05, 0) is 17.7 Å². The number of hydrogen-bond acceptors (Lipinski definition) is 1. The number of Topliss-reactive ketones (excluding diaryl/α,β-unsaturated/α-hetero) is 1. The molecular formula is C10H8BrClF2O. The van der Waals surface area contributed by atoms with Gasteiger partial charge < -0.3 is 0 Å². The van der Waals surface area contributed by atoms with E-state index in [-0.39, 0.29) is 23.1 Å². The topological polar surface area (TPSA) is 17.1 Å². The van der Waals surface area contributed by atoms with E-state index in [0.717, 1.165) is 0 Å². The zero-order valence-corrected chi connectivity index (χ0v) is 9.99. The third-order valence-electron chi connectivity index (χ3n) is 1.88. The maximum absolute atomic E-state index is 12.5. The van der Waals surface area contributed by atoms with Crippen molar-refractivity contribution in [3.05, 3.63) is 34.3 Å². The van der Waals surface area contributed by atoms with E-state index in [9.17, 15) is 13.6 Å². The lowest BCUT2D eigenvalue weighted by Crippen LogP contribution is -2.06. The second kappa shape index (κ2) is 5.56. The van der Waals surface area contributed by atoms with Crippen LogP contribution in [0.25, 0.3) is 0 Å². The Balaban J connectivity index is 3.02. The monoisotopic (exact) mass is 296 g/mol. The molecule has 0 saturated heterocycles. The quantitative estimate of drug-likeness (QED) is 0.773. The minimum absolute atomic E-state index is 0.0223. The van der Waals surface area contributed by atoms with Crippen molar-refractivity contribution in [2.45, 2.75) is 12.8 Å². The molecule has 1 aromatic carbocycles. The van der Waals surface area contributed by atoms with E-state index < -0.39 is 6.43 Å². The zero-order valence-electron chi connectivity index (χ0n) is 7.64. The fraction of sp³-hybridized carbons (Fsp3) is 0.300. The normalized spacial score (nSPS) is 10.7. The third-order valence-corrected chi connectivity index (χ3v) is 2.74. The van der Waals surface area contributed by atoms with Crippen molar-refractivity contribution in [2.75, 3.05) is 5.33 Å². The standard InChI is InChI=1S/C10H8BrClF2O/c11-5-8(15)4-6-3-7(12)1-2-9(6)10(13)14/h1-3,10H,4-5H2. The Bertz CT molecular complexity index is 368. The molecule has 1 rings (SSSR count). The summed E-state index contributed by atoms with van der Waals surface area (Å²) in [6.07, 6.45) is -2.61. The average molecular weight is 298 g/mol. The van der Waals surface area contributed by atoms with Gasteiger partial charge >= 0.3 is 0 Å². The third kappa shape index (κ3) is 3.54. The molecule has 0 aliphatic rings. The molecule has 0 unspecified atom stereocenters. The van der Waals surface area contributed by atoms with E-state index in [0.29, 0.717) is 10.6 Å². The van der Waals surface area contributed by atoms with E-state index in [1.54, 1.807) is 0 Å². The first-order chi connectivity index (χ1) is 7.04. The van der Waals surface area contributed by atoms with Crippen LogP contribution >= 0.6 is 27.5 Å². The van der Waals surface area contributed by atoms with Crippen LogP contribution in [0.4, 0.5) is 8.78 Å². The smallest absolute Gasteiger partial charge is 0.264 e. The molecule has 0 aromatic heterocycles. The van der Waals surface area contributed by atoms with Gasteiger partial charge in [-0.2, -0.15) is 0 Å². The maximum atomic E-state index is 12.5. The second-order valence-corrected chi connectivity index (χ2v) is 3.99. The largest absolute Gasteiger partial charge is 0.298 e. The lowest BCUT2D eigenvalue weighted by molar-refractivity contribution is -0.115. The van der Waals surface area contributed by atoms with E-state index in [1.165, 1.54) is 18.2 Å². The lowest BCUT2D eigenvalue weighted by atomic mass is 10.0. The highest BCUT2D eigenvalue weighted by atomic mass is 79.9. The van der Waals surface area contributed by atoms with Crippen molar-refractivity contribution in [1.82, 2.24) is 0 Å². The van der Waals surface area contributed by atoms with Crippen LogP contribution in [0.3, 0.4) is 0 Å². The first-order valence-corrected chi connectivity index (χ1v) is 5.68. The molecule has 0 aliphatic carbocycles. The van der Waals surface area contributed by atoms with Gasteiger partial charge in [-0.25, -0.2) is 8.78 Å². The van der Waals surface area contributed by atoms with Gasteiger partial charge in [-0.3, -0.25) is 4.79 Å². The van der Waals surface area contributed by atoms with Gasteiger partial charge in [0.05, 0.1) is 5.33 Å². The highest BCUT2D eigenvalue weighted by Gasteiger charge is 2.15. The molecular weight excluding hydrogens is 289 g/mol. The molecule has 0 atom stereocenters. The minimum atomic E-state index is -2.58. The number of rotatable bonds is 4. The Labute approximate surface area is 99.6 Å². The van der Waals surface area contributed by atoms with Crippen LogP contribution in [0.5, 0.6) is 0 Å². The van der Waals surface area contributed by atoms with Crippen molar-refractivity contribution in [1.29, 1.82) is 0 Å². The predicted molar refractivity (Wildman–Crippen MR) is 58.9 cm³/mol. The summed E-state index contributed by atoms with van der Waals surface area (Å²) in [7, 11) is 0. The fourth-order valence-electron chi connectivity index (χ4n) is 1.20. The molecule has 0 radical (unpaired) electrons. The summed E-state index contributed by atoms with van der Waals surface area (Å²) in [6, 6.07) is 4.05. The van der Waals surface area contributed by atoms with Crippen LogP contribution in [-0.4, -0.2) is 11.1 Å². The number of benzene rings is 1.